The van der Waals surface area contributed by atoms with Crippen LogP contribution in [0.1, 0.15) is 10.4 Å². The highest BCUT2D eigenvalue weighted by Crippen LogP contribution is 2.29. The number of allylic oxidation sites excluding steroid dienone is 1. The summed E-state index contributed by atoms with van der Waals surface area (Å²) in [4.78, 5) is 13.3. The van der Waals surface area contributed by atoms with Gasteiger partial charge in [-0.1, -0.05) is 29.3 Å². The molecule has 1 rings (SSSR count). The molecule has 0 aliphatic heterocycles. The zero-order valence-corrected chi connectivity index (χ0v) is 12.0. The maximum absolute atomic E-state index is 12.3. The van der Waals surface area contributed by atoms with Gasteiger partial charge in [0.15, 0.2) is 5.76 Å². The van der Waals surface area contributed by atoms with Crippen LogP contribution >= 0.6 is 23.2 Å². The molecule has 0 saturated carbocycles. The van der Waals surface area contributed by atoms with Crippen molar-refractivity contribution in [2.45, 2.75) is 6.36 Å². The van der Waals surface area contributed by atoms with Gasteiger partial charge in [-0.25, -0.2) is 0 Å². The molecule has 0 saturated heterocycles. The number of benzene rings is 1. The zero-order chi connectivity index (χ0) is 15.5. The van der Waals surface area contributed by atoms with E-state index in [4.69, 9.17) is 23.2 Å². The van der Waals surface area contributed by atoms with E-state index >= 15 is 0 Å². The van der Waals surface area contributed by atoms with Gasteiger partial charge in [0.05, 0.1) is 10.0 Å². The number of ether oxygens (including phenoxy) is 1. The van der Waals surface area contributed by atoms with Crippen LogP contribution in [0.4, 0.5) is 13.2 Å². The molecule has 1 aromatic rings. The number of carbonyl (C=O) groups is 1. The molecule has 0 atom stereocenters. The summed E-state index contributed by atoms with van der Waals surface area (Å²) >= 11 is 11.5. The van der Waals surface area contributed by atoms with Crippen LogP contribution in [0.3, 0.4) is 0 Å². The molecule has 0 amide bonds. The van der Waals surface area contributed by atoms with E-state index in [1.807, 2.05) is 0 Å². The Kier molecular flexibility index (Phi) is 5.30. The Morgan fingerprint density at radius 3 is 2.40 bits per heavy atom. The van der Waals surface area contributed by atoms with Crippen LogP contribution in [0.15, 0.2) is 30.2 Å². The molecule has 20 heavy (non-hydrogen) atoms. The van der Waals surface area contributed by atoms with Gasteiger partial charge in [0.1, 0.15) is 0 Å². The number of Topliss-reactive ketones (excluding diaryl/α,β-unsaturated/α-hetero) is 1. The number of alkyl halides is 3. The number of rotatable bonds is 4. The standard InChI is InChI=1S/C12H10Cl2F3NO2/c1-18(2)6-9(20-12(15,16)17)11(19)7-4-3-5-8(13)10(7)14/h3-6H,1-2H3. The van der Waals surface area contributed by atoms with Gasteiger partial charge in [0, 0.05) is 25.9 Å². The summed E-state index contributed by atoms with van der Waals surface area (Å²) in [5, 5.41) is -0.0664. The van der Waals surface area contributed by atoms with Crippen LogP contribution in [0, 0.1) is 0 Å². The average Bonchev–Trinajstić information content (AvgIpc) is 2.28. The number of nitrogens with zero attached hydrogens (tertiary/aromatic N) is 1. The number of hydrogen-bond donors (Lipinski definition) is 0. The van der Waals surface area contributed by atoms with Crippen LogP contribution in [0.5, 0.6) is 0 Å². The van der Waals surface area contributed by atoms with Crippen molar-refractivity contribution in [3.05, 3.63) is 45.8 Å². The van der Waals surface area contributed by atoms with Gasteiger partial charge in [-0.05, 0) is 12.1 Å². The van der Waals surface area contributed by atoms with Crippen molar-refractivity contribution < 1.29 is 22.7 Å². The molecule has 0 N–H and O–H groups in total. The van der Waals surface area contributed by atoms with Crippen molar-refractivity contribution in [2.75, 3.05) is 14.1 Å². The Labute approximate surface area is 123 Å². The second kappa shape index (κ2) is 6.37. The number of halogens is 5. The molecule has 0 aromatic heterocycles. The highest BCUT2D eigenvalue weighted by Gasteiger charge is 2.35. The third-order valence-corrected chi connectivity index (χ3v) is 2.84. The van der Waals surface area contributed by atoms with Gasteiger partial charge in [-0.2, -0.15) is 0 Å². The number of carbonyl (C=O) groups excluding carboxylic acids is 1. The summed E-state index contributed by atoms with van der Waals surface area (Å²) < 4.78 is 40.7. The van der Waals surface area contributed by atoms with Gasteiger partial charge >= 0.3 is 6.36 Å². The maximum atomic E-state index is 12.3. The van der Waals surface area contributed by atoms with Gasteiger partial charge in [-0.15, -0.1) is 13.2 Å². The minimum atomic E-state index is -4.98. The van der Waals surface area contributed by atoms with Crippen molar-refractivity contribution in [3.63, 3.8) is 0 Å². The van der Waals surface area contributed by atoms with Gasteiger partial charge < -0.3 is 9.64 Å². The predicted octanol–water partition coefficient (Wildman–Crippen LogP) is 4.12. The van der Waals surface area contributed by atoms with Crippen molar-refractivity contribution in [2.24, 2.45) is 0 Å². The normalized spacial score (nSPS) is 12.2. The molecule has 1 aromatic carbocycles. The van der Waals surface area contributed by atoms with Crippen LogP contribution in [0.25, 0.3) is 0 Å². The van der Waals surface area contributed by atoms with Crippen molar-refractivity contribution >= 4 is 29.0 Å². The molecule has 0 aliphatic rings. The van der Waals surface area contributed by atoms with E-state index < -0.39 is 17.9 Å². The van der Waals surface area contributed by atoms with Crippen molar-refractivity contribution in [1.82, 2.24) is 4.90 Å². The SMILES string of the molecule is CN(C)C=C(OC(F)(F)F)C(=O)c1cccc(Cl)c1Cl. The van der Waals surface area contributed by atoms with Crippen LogP contribution in [-0.4, -0.2) is 31.1 Å². The average molecular weight is 328 g/mol. The van der Waals surface area contributed by atoms with Crippen LogP contribution in [0.2, 0.25) is 10.0 Å². The molecule has 0 bridgehead atoms. The van der Waals surface area contributed by atoms with E-state index in [0.717, 1.165) is 6.20 Å². The molecule has 0 radical (unpaired) electrons. The van der Waals surface area contributed by atoms with E-state index in [1.165, 1.54) is 37.2 Å². The van der Waals surface area contributed by atoms with E-state index in [0.29, 0.717) is 0 Å². The highest BCUT2D eigenvalue weighted by atomic mass is 35.5. The monoisotopic (exact) mass is 327 g/mol. The summed E-state index contributed by atoms with van der Waals surface area (Å²) in [6.45, 7) is 0. The summed E-state index contributed by atoms with van der Waals surface area (Å²) in [5.74, 6) is -1.91. The van der Waals surface area contributed by atoms with Crippen LogP contribution < -0.4 is 0 Å². The zero-order valence-electron chi connectivity index (χ0n) is 10.5. The van der Waals surface area contributed by atoms with Crippen molar-refractivity contribution in [1.29, 1.82) is 0 Å². The Morgan fingerprint density at radius 1 is 1.30 bits per heavy atom. The molecular formula is C12H10Cl2F3NO2. The minimum Gasteiger partial charge on any atom is -0.400 e. The largest absolute Gasteiger partial charge is 0.573 e. The lowest BCUT2D eigenvalue weighted by atomic mass is 10.1. The Bertz CT molecular complexity index is 542. The van der Waals surface area contributed by atoms with Gasteiger partial charge in [0.2, 0.25) is 5.78 Å². The van der Waals surface area contributed by atoms with E-state index in [9.17, 15) is 18.0 Å². The third-order valence-electron chi connectivity index (χ3n) is 2.02. The second-order valence-corrected chi connectivity index (χ2v) is 4.72. The van der Waals surface area contributed by atoms with Crippen molar-refractivity contribution in [3.8, 4) is 0 Å². The first kappa shape index (κ1) is 16.7. The first-order valence-corrected chi connectivity index (χ1v) is 6.00. The van der Waals surface area contributed by atoms with Gasteiger partial charge in [0.25, 0.3) is 0 Å². The fourth-order valence-corrected chi connectivity index (χ4v) is 1.69. The summed E-state index contributed by atoms with van der Waals surface area (Å²) in [5.41, 5.74) is -0.170. The summed E-state index contributed by atoms with van der Waals surface area (Å²) in [7, 11) is 2.90. The predicted molar refractivity (Wildman–Crippen MR) is 69.7 cm³/mol. The molecule has 0 spiro atoms. The summed E-state index contributed by atoms with van der Waals surface area (Å²) in [6, 6.07) is 4.09. The minimum absolute atomic E-state index is 0.0636. The lowest BCUT2D eigenvalue weighted by Crippen LogP contribution is -2.20. The fourth-order valence-electron chi connectivity index (χ4n) is 1.30. The molecule has 0 fully saturated rings. The molecular weight excluding hydrogens is 318 g/mol. The lowest BCUT2D eigenvalue weighted by molar-refractivity contribution is -0.303. The lowest BCUT2D eigenvalue weighted by Gasteiger charge is -2.15. The maximum Gasteiger partial charge on any atom is 0.573 e. The molecule has 0 heterocycles. The van der Waals surface area contributed by atoms with Gasteiger partial charge in [-0.3, -0.25) is 4.79 Å². The van der Waals surface area contributed by atoms with E-state index in [-0.39, 0.29) is 15.6 Å². The van der Waals surface area contributed by atoms with E-state index in [1.54, 1.807) is 0 Å². The first-order valence-electron chi connectivity index (χ1n) is 5.24. The van der Waals surface area contributed by atoms with Crippen LogP contribution in [-0.2, 0) is 4.74 Å². The van der Waals surface area contributed by atoms with E-state index in [2.05, 4.69) is 4.74 Å². The number of hydrogen-bond acceptors (Lipinski definition) is 3. The number of ketones is 1. The summed E-state index contributed by atoms with van der Waals surface area (Å²) in [6.07, 6.45) is -4.07. The Morgan fingerprint density at radius 2 is 1.90 bits per heavy atom. The third kappa shape index (κ3) is 4.61. The Balaban J connectivity index is 3.21. The topological polar surface area (TPSA) is 29.5 Å². The molecule has 8 heteroatoms. The highest BCUT2D eigenvalue weighted by molar-refractivity contribution is 6.44. The first-order chi connectivity index (χ1) is 9.11. The fraction of sp³-hybridized carbons (Fsp3) is 0.250. The Hall–Kier alpha value is -1.40. The molecule has 0 aliphatic carbocycles. The molecule has 0 unspecified atom stereocenters. The molecule has 110 valence electrons. The second-order valence-electron chi connectivity index (χ2n) is 3.94. The molecule has 3 nitrogen and oxygen atoms in total. The smallest absolute Gasteiger partial charge is 0.400 e. The quantitative estimate of drug-likeness (QED) is 0.473.